The summed E-state index contributed by atoms with van der Waals surface area (Å²) in [7, 11) is 0. The van der Waals surface area contributed by atoms with Gasteiger partial charge in [0.2, 0.25) is 11.8 Å². The fraction of sp³-hybridized carbons (Fsp3) is 0.356. The third-order valence-electron chi connectivity index (χ3n) is 11.6. The van der Waals surface area contributed by atoms with Crippen LogP contribution in [0.15, 0.2) is 85.2 Å². The Hall–Kier alpha value is -6.04. The maximum atomic E-state index is 14.4. The van der Waals surface area contributed by atoms with Crippen molar-refractivity contribution in [3.8, 4) is 11.8 Å². The topological polar surface area (TPSA) is 115 Å². The smallest absolute Gasteiger partial charge is 0.372 e. The Balaban J connectivity index is 0.836. The van der Waals surface area contributed by atoms with E-state index in [-0.39, 0.29) is 41.1 Å². The number of halogens is 3. The largest absolute Gasteiger partial charge is 0.416 e. The molecule has 3 amide bonds. The van der Waals surface area contributed by atoms with Gasteiger partial charge in [-0.15, -0.1) is 0 Å². The highest BCUT2D eigenvalue weighted by atomic mass is 19.4. The number of nitrogens with zero attached hydrogens (tertiary/aromatic N) is 6. The fourth-order valence-corrected chi connectivity index (χ4v) is 8.26. The molecule has 5 aromatic rings. The molecule has 11 nitrogen and oxygen atoms in total. The molecule has 2 N–H and O–H groups in total. The van der Waals surface area contributed by atoms with Crippen LogP contribution in [-0.2, 0) is 22.3 Å². The number of imidazole rings is 1. The second kappa shape index (κ2) is 17.1. The SMILES string of the molecule is Cc1ccc(C(=O)Nc2ccc(CN3CCN(CC4CCN(c5cccc(C6CCC(=O)NC6=O)c5)CC4)CC3)c(C(F)(F)F)c2)cc1C#Cc1cnc2cccnn12. The van der Waals surface area contributed by atoms with Gasteiger partial charge in [0.05, 0.1) is 17.7 Å². The van der Waals surface area contributed by atoms with Gasteiger partial charge in [-0.2, -0.15) is 18.3 Å². The van der Waals surface area contributed by atoms with Crippen LogP contribution in [0.4, 0.5) is 24.5 Å². The summed E-state index contributed by atoms with van der Waals surface area (Å²) in [6.07, 6.45) is 1.59. The van der Waals surface area contributed by atoms with Gasteiger partial charge in [-0.25, -0.2) is 9.50 Å². The Bertz CT molecular complexity index is 2440. The summed E-state index contributed by atoms with van der Waals surface area (Å²) < 4.78 is 44.9. The van der Waals surface area contributed by atoms with Crippen LogP contribution in [0, 0.1) is 24.7 Å². The van der Waals surface area contributed by atoms with Gasteiger partial charge in [0, 0.05) is 87.5 Å². The van der Waals surface area contributed by atoms with Gasteiger partial charge in [0.25, 0.3) is 5.91 Å². The zero-order valence-electron chi connectivity index (χ0n) is 32.8. The molecule has 1 unspecified atom stereocenters. The third-order valence-corrected chi connectivity index (χ3v) is 11.6. The molecule has 304 valence electrons. The third kappa shape index (κ3) is 9.32. The molecule has 59 heavy (non-hydrogen) atoms. The number of nitrogens with one attached hydrogen (secondary N) is 2. The Kier molecular flexibility index (Phi) is 11.5. The van der Waals surface area contributed by atoms with E-state index in [0.29, 0.717) is 48.8 Å². The van der Waals surface area contributed by atoms with E-state index in [1.54, 1.807) is 41.2 Å². The van der Waals surface area contributed by atoms with Crippen LogP contribution in [0.2, 0.25) is 0 Å². The number of hydrogen-bond acceptors (Lipinski definition) is 8. The zero-order valence-corrected chi connectivity index (χ0v) is 32.8. The first kappa shape index (κ1) is 39.8. The lowest BCUT2D eigenvalue weighted by Crippen LogP contribution is -2.48. The molecule has 3 aromatic carbocycles. The molecular weight excluding hydrogens is 758 g/mol. The van der Waals surface area contributed by atoms with Crippen molar-refractivity contribution in [2.75, 3.05) is 56.0 Å². The molecule has 14 heteroatoms. The molecule has 3 fully saturated rings. The molecule has 0 aliphatic carbocycles. The average molecular weight is 803 g/mol. The fourth-order valence-electron chi connectivity index (χ4n) is 8.26. The summed E-state index contributed by atoms with van der Waals surface area (Å²) in [6.45, 7) is 7.68. The van der Waals surface area contributed by atoms with E-state index >= 15 is 0 Å². The summed E-state index contributed by atoms with van der Waals surface area (Å²) >= 11 is 0. The van der Waals surface area contributed by atoms with Crippen molar-refractivity contribution in [1.82, 2.24) is 29.7 Å². The van der Waals surface area contributed by atoms with Crippen molar-refractivity contribution in [2.45, 2.75) is 51.2 Å². The highest BCUT2D eigenvalue weighted by Crippen LogP contribution is 2.35. The van der Waals surface area contributed by atoms with Gasteiger partial charge in [0.1, 0.15) is 5.69 Å². The second-order valence-corrected chi connectivity index (χ2v) is 15.6. The molecule has 3 aliphatic rings. The average Bonchev–Trinajstić information content (AvgIpc) is 3.65. The lowest BCUT2D eigenvalue weighted by atomic mass is 9.90. The summed E-state index contributed by atoms with van der Waals surface area (Å²) in [5.41, 5.74) is 4.46. The van der Waals surface area contributed by atoms with Gasteiger partial charge in [-0.1, -0.05) is 30.2 Å². The number of amides is 3. The molecule has 1 atom stereocenters. The van der Waals surface area contributed by atoms with Crippen molar-refractivity contribution >= 4 is 34.7 Å². The van der Waals surface area contributed by atoms with Gasteiger partial charge in [-0.05, 0) is 103 Å². The van der Waals surface area contributed by atoms with Gasteiger partial charge < -0.3 is 15.1 Å². The number of rotatable bonds is 8. The molecule has 3 saturated heterocycles. The van der Waals surface area contributed by atoms with E-state index < -0.39 is 17.6 Å². The number of piperidine rings is 2. The Morgan fingerprint density at radius 1 is 0.898 bits per heavy atom. The molecule has 2 aromatic heterocycles. The predicted molar refractivity (Wildman–Crippen MR) is 218 cm³/mol. The summed E-state index contributed by atoms with van der Waals surface area (Å²) in [6, 6.07) is 20.7. The number of anilines is 2. The standard InChI is InChI=1S/C45H45F3N8O3/c1-30-7-8-34(24-32(30)10-12-38-27-49-41-6-3-17-50-56(38)41)43(58)51-36-11-9-35(40(26-36)45(46,47)48)29-54-22-20-53(21-23-54)28-31-15-18-55(19-16-31)37-5-2-4-33(25-37)39-13-14-42(57)52-44(39)59/h2-9,11,17,24-27,31,39H,13-16,18-23,28-29H2,1H3,(H,51,58)(H,52,57,59). The second-order valence-electron chi connectivity index (χ2n) is 15.6. The van der Waals surface area contributed by atoms with Crippen LogP contribution in [-0.4, -0.2) is 87.9 Å². The highest BCUT2D eigenvalue weighted by Gasteiger charge is 2.35. The van der Waals surface area contributed by atoms with Gasteiger partial charge >= 0.3 is 6.18 Å². The van der Waals surface area contributed by atoms with Gasteiger partial charge in [0.15, 0.2) is 5.65 Å². The normalized spacial score (nSPS) is 18.4. The number of carbonyl (C=O) groups excluding carboxylic acids is 3. The first-order valence-electron chi connectivity index (χ1n) is 20.0. The van der Waals surface area contributed by atoms with E-state index in [4.69, 9.17) is 0 Å². The zero-order chi connectivity index (χ0) is 41.1. The number of benzene rings is 3. The molecule has 0 spiro atoms. The number of carbonyl (C=O) groups is 3. The van der Waals surface area contributed by atoms with E-state index in [2.05, 4.69) is 59.4 Å². The van der Waals surface area contributed by atoms with E-state index in [0.717, 1.165) is 68.4 Å². The van der Waals surface area contributed by atoms with Crippen LogP contribution < -0.4 is 15.5 Å². The lowest BCUT2D eigenvalue weighted by Gasteiger charge is -2.39. The van der Waals surface area contributed by atoms with Crippen LogP contribution >= 0.6 is 0 Å². The monoisotopic (exact) mass is 802 g/mol. The number of aryl methyl sites for hydroxylation is 1. The predicted octanol–water partition coefficient (Wildman–Crippen LogP) is 6.26. The molecule has 8 rings (SSSR count). The Morgan fingerprint density at radius 3 is 2.47 bits per heavy atom. The maximum Gasteiger partial charge on any atom is 0.416 e. The molecule has 0 bridgehead atoms. The van der Waals surface area contributed by atoms with Crippen LogP contribution in [0.1, 0.15) is 75.5 Å². The molecule has 0 radical (unpaired) electrons. The molecule has 0 saturated carbocycles. The number of piperazine rings is 1. The minimum absolute atomic E-state index is 0.0639. The number of imide groups is 1. The van der Waals surface area contributed by atoms with Crippen molar-refractivity contribution in [3.63, 3.8) is 0 Å². The van der Waals surface area contributed by atoms with Crippen LogP contribution in [0.25, 0.3) is 5.65 Å². The van der Waals surface area contributed by atoms with Crippen LogP contribution in [0.3, 0.4) is 0 Å². The highest BCUT2D eigenvalue weighted by molar-refractivity contribution is 6.04. The Labute approximate surface area is 340 Å². The summed E-state index contributed by atoms with van der Waals surface area (Å²) in [5.74, 6) is 5.36. The number of alkyl halides is 3. The number of aromatic nitrogens is 3. The van der Waals surface area contributed by atoms with Crippen LogP contribution in [0.5, 0.6) is 0 Å². The van der Waals surface area contributed by atoms with Gasteiger partial charge in [-0.3, -0.25) is 24.6 Å². The quantitative estimate of drug-likeness (QED) is 0.140. The minimum atomic E-state index is -4.60. The maximum absolute atomic E-state index is 14.4. The minimum Gasteiger partial charge on any atom is -0.372 e. The lowest BCUT2D eigenvalue weighted by molar-refractivity contribution is -0.138. The van der Waals surface area contributed by atoms with E-state index in [9.17, 15) is 27.6 Å². The first-order valence-corrected chi connectivity index (χ1v) is 20.0. The van der Waals surface area contributed by atoms with E-state index in [1.807, 2.05) is 25.1 Å². The van der Waals surface area contributed by atoms with Crippen molar-refractivity contribution < 1.29 is 27.6 Å². The van der Waals surface area contributed by atoms with E-state index in [1.165, 1.54) is 12.1 Å². The summed E-state index contributed by atoms with van der Waals surface area (Å²) in [4.78, 5) is 48.5. The van der Waals surface area contributed by atoms with Crippen molar-refractivity contribution in [3.05, 3.63) is 124 Å². The number of hydrogen-bond donors (Lipinski definition) is 2. The first-order chi connectivity index (χ1) is 28.5. The molecular formula is C45H45F3N8O3. The van der Waals surface area contributed by atoms with Crippen molar-refractivity contribution in [2.24, 2.45) is 5.92 Å². The molecule has 5 heterocycles. The van der Waals surface area contributed by atoms with Crippen molar-refractivity contribution in [1.29, 1.82) is 0 Å². The summed E-state index contributed by atoms with van der Waals surface area (Å²) in [5, 5.41) is 9.38. The Morgan fingerprint density at radius 2 is 1.69 bits per heavy atom. The number of fused-ring (bicyclic) bond motifs is 1. The molecule has 3 aliphatic heterocycles.